The van der Waals surface area contributed by atoms with Gasteiger partial charge in [0.15, 0.2) is 0 Å². The van der Waals surface area contributed by atoms with E-state index in [1.54, 1.807) is 12.1 Å². The third-order valence-electron chi connectivity index (χ3n) is 5.45. The fourth-order valence-electron chi connectivity index (χ4n) is 3.92. The summed E-state index contributed by atoms with van der Waals surface area (Å²) in [5.41, 5.74) is 3.68. The largest absolute Gasteiger partial charge is 0.347 e. The van der Waals surface area contributed by atoms with E-state index in [0.717, 1.165) is 35.2 Å². The first kappa shape index (κ1) is 20.0. The van der Waals surface area contributed by atoms with Crippen LogP contribution in [0.3, 0.4) is 0 Å². The van der Waals surface area contributed by atoms with Crippen molar-refractivity contribution in [3.05, 3.63) is 77.9 Å². The van der Waals surface area contributed by atoms with Crippen molar-refractivity contribution in [2.24, 2.45) is 0 Å². The summed E-state index contributed by atoms with van der Waals surface area (Å²) >= 11 is 0. The number of likely N-dealkylation sites (tertiary alicyclic amines) is 1. The molecular weight excluding hydrogens is 379 g/mol. The Labute approximate surface area is 176 Å². The number of amides is 1. The Morgan fingerprint density at radius 2 is 1.87 bits per heavy atom. The van der Waals surface area contributed by atoms with E-state index in [-0.39, 0.29) is 24.2 Å². The summed E-state index contributed by atoms with van der Waals surface area (Å²) < 4.78 is 13.2. The molecule has 4 rings (SSSR count). The van der Waals surface area contributed by atoms with Crippen molar-refractivity contribution in [2.45, 2.75) is 25.3 Å². The Kier molecular flexibility index (Phi) is 5.74. The van der Waals surface area contributed by atoms with E-state index >= 15 is 0 Å². The molecule has 6 heteroatoms. The Morgan fingerprint density at radius 1 is 1.13 bits per heavy atom. The number of anilines is 1. The number of aromatic nitrogens is 2. The molecule has 2 heterocycles. The van der Waals surface area contributed by atoms with Gasteiger partial charge in [-0.1, -0.05) is 42.5 Å². The van der Waals surface area contributed by atoms with Gasteiger partial charge in [0, 0.05) is 32.4 Å². The molecule has 0 unspecified atom stereocenters. The van der Waals surface area contributed by atoms with Gasteiger partial charge in [-0.25, -0.2) is 14.4 Å². The molecule has 2 aromatic carbocycles. The maximum Gasteiger partial charge on any atom is 0.227 e. The van der Waals surface area contributed by atoms with E-state index < -0.39 is 0 Å². The third kappa shape index (κ3) is 4.17. The lowest BCUT2D eigenvalue weighted by Gasteiger charge is -2.27. The quantitative estimate of drug-likeness (QED) is 0.638. The standard InChI is InChI=1S/C24H25FN4O/c1-28(2)24-26-16-20(18-7-4-3-5-8-18)23(27-24)21-9-6-14-29(21)22(30)15-17-10-12-19(25)13-11-17/h3-5,7-8,10-13,16,21H,6,9,14-15H2,1-2H3/t21-/m0/s1. The second-order valence-corrected chi connectivity index (χ2v) is 7.78. The molecule has 1 aliphatic heterocycles. The van der Waals surface area contributed by atoms with Gasteiger partial charge in [0.1, 0.15) is 5.82 Å². The van der Waals surface area contributed by atoms with Crippen molar-refractivity contribution in [3.8, 4) is 11.1 Å². The molecule has 5 nitrogen and oxygen atoms in total. The van der Waals surface area contributed by atoms with Gasteiger partial charge in [-0.2, -0.15) is 0 Å². The van der Waals surface area contributed by atoms with Gasteiger partial charge in [-0.15, -0.1) is 0 Å². The maximum atomic E-state index is 13.2. The van der Waals surface area contributed by atoms with Crippen LogP contribution in [0.25, 0.3) is 11.1 Å². The fraction of sp³-hybridized carbons (Fsp3) is 0.292. The summed E-state index contributed by atoms with van der Waals surface area (Å²) in [6.45, 7) is 0.695. The molecule has 0 bridgehead atoms. The highest BCUT2D eigenvalue weighted by Crippen LogP contribution is 2.37. The number of carbonyl (C=O) groups is 1. The summed E-state index contributed by atoms with van der Waals surface area (Å²) in [4.78, 5) is 26.3. The van der Waals surface area contributed by atoms with Crippen LogP contribution in [0.5, 0.6) is 0 Å². The van der Waals surface area contributed by atoms with Gasteiger partial charge in [0.05, 0.1) is 18.2 Å². The second-order valence-electron chi connectivity index (χ2n) is 7.78. The monoisotopic (exact) mass is 404 g/mol. The van der Waals surface area contributed by atoms with Gasteiger partial charge in [-0.3, -0.25) is 4.79 Å². The lowest BCUT2D eigenvalue weighted by atomic mass is 9.99. The highest BCUT2D eigenvalue weighted by molar-refractivity contribution is 5.80. The topological polar surface area (TPSA) is 49.3 Å². The third-order valence-corrected chi connectivity index (χ3v) is 5.45. The van der Waals surface area contributed by atoms with Gasteiger partial charge < -0.3 is 9.80 Å². The Hall–Kier alpha value is -3.28. The molecule has 1 saturated heterocycles. The van der Waals surface area contributed by atoms with Crippen molar-refractivity contribution >= 4 is 11.9 Å². The predicted octanol–water partition coefficient (Wildman–Crippen LogP) is 4.25. The van der Waals surface area contributed by atoms with Gasteiger partial charge in [0.2, 0.25) is 11.9 Å². The van der Waals surface area contributed by atoms with Crippen LogP contribution < -0.4 is 4.90 Å². The zero-order chi connectivity index (χ0) is 21.1. The van der Waals surface area contributed by atoms with Crippen LogP contribution >= 0.6 is 0 Å². The molecule has 0 radical (unpaired) electrons. The van der Waals surface area contributed by atoms with Gasteiger partial charge in [0.25, 0.3) is 0 Å². The molecule has 154 valence electrons. The number of hydrogen-bond acceptors (Lipinski definition) is 4. The molecule has 0 saturated carbocycles. The molecule has 1 amide bonds. The van der Waals surface area contributed by atoms with Crippen molar-refractivity contribution in [3.63, 3.8) is 0 Å². The van der Waals surface area contributed by atoms with Crippen LogP contribution in [-0.4, -0.2) is 41.4 Å². The van der Waals surface area contributed by atoms with Crippen molar-refractivity contribution in [1.29, 1.82) is 0 Å². The first-order chi connectivity index (χ1) is 14.5. The Morgan fingerprint density at radius 3 is 2.57 bits per heavy atom. The molecule has 1 atom stereocenters. The number of benzene rings is 2. The molecule has 0 aliphatic carbocycles. The van der Waals surface area contributed by atoms with Gasteiger partial charge in [-0.05, 0) is 36.1 Å². The highest BCUT2D eigenvalue weighted by Gasteiger charge is 2.33. The number of rotatable bonds is 5. The van der Waals surface area contributed by atoms with E-state index in [4.69, 9.17) is 4.98 Å². The van der Waals surface area contributed by atoms with E-state index in [1.165, 1.54) is 12.1 Å². The van der Waals surface area contributed by atoms with E-state index in [2.05, 4.69) is 4.98 Å². The second kappa shape index (κ2) is 8.61. The molecule has 30 heavy (non-hydrogen) atoms. The van der Waals surface area contributed by atoms with Crippen LogP contribution in [0.4, 0.5) is 10.3 Å². The van der Waals surface area contributed by atoms with Crippen molar-refractivity contribution in [2.75, 3.05) is 25.5 Å². The first-order valence-electron chi connectivity index (χ1n) is 10.2. The Balaban J connectivity index is 1.68. The number of hydrogen-bond donors (Lipinski definition) is 0. The lowest BCUT2D eigenvalue weighted by Crippen LogP contribution is -2.32. The van der Waals surface area contributed by atoms with E-state index in [0.29, 0.717) is 12.5 Å². The van der Waals surface area contributed by atoms with Crippen LogP contribution in [0.1, 0.15) is 30.1 Å². The molecule has 3 aromatic rings. The zero-order valence-electron chi connectivity index (χ0n) is 17.3. The smallest absolute Gasteiger partial charge is 0.227 e. The lowest BCUT2D eigenvalue weighted by molar-refractivity contribution is -0.131. The van der Waals surface area contributed by atoms with Gasteiger partial charge >= 0.3 is 0 Å². The minimum atomic E-state index is -0.296. The molecule has 1 aromatic heterocycles. The average Bonchev–Trinajstić information content (AvgIpc) is 3.25. The minimum absolute atomic E-state index is 0.0353. The predicted molar refractivity (Wildman–Crippen MR) is 116 cm³/mol. The molecule has 1 fully saturated rings. The molecular formula is C24H25FN4O. The number of nitrogens with zero attached hydrogens (tertiary/aromatic N) is 4. The van der Waals surface area contributed by atoms with Crippen molar-refractivity contribution in [1.82, 2.24) is 14.9 Å². The highest BCUT2D eigenvalue weighted by atomic mass is 19.1. The number of halogens is 1. The number of carbonyl (C=O) groups excluding carboxylic acids is 1. The summed E-state index contributed by atoms with van der Waals surface area (Å²) in [5.74, 6) is 0.366. The average molecular weight is 404 g/mol. The van der Waals surface area contributed by atoms with Crippen molar-refractivity contribution < 1.29 is 9.18 Å². The van der Waals surface area contributed by atoms with Crippen LogP contribution in [0, 0.1) is 5.82 Å². The SMILES string of the molecule is CN(C)c1ncc(-c2ccccc2)c([C@@H]2CCCN2C(=O)Cc2ccc(F)cc2)n1. The molecule has 0 spiro atoms. The minimum Gasteiger partial charge on any atom is -0.347 e. The van der Waals surface area contributed by atoms with Crippen LogP contribution in [-0.2, 0) is 11.2 Å². The zero-order valence-corrected chi connectivity index (χ0v) is 17.3. The molecule has 0 N–H and O–H groups in total. The fourth-order valence-corrected chi connectivity index (χ4v) is 3.92. The summed E-state index contributed by atoms with van der Waals surface area (Å²) in [6, 6.07) is 16.1. The summed E-state index contributed by atoms with van der Waals surface area (Å²) in [6.07, 6.45) is 3.89. The first-order valence-corrected chi connectivity index (χ1v) is 10.2. The maximum absolute atomic E-state index is 13.2. The molecule has 1 aliphatic rings. The summed E-state index contributed by atoms with van der Waals surface area (Å²) in [5, 5.41) is 0. The van der Waals surface area contributed by atoms with E-state index in [9.17, 15) is 9.18 Å². The van der Waals surface area contributed by atoms with Crippen LogP contribution in [0.15, 0.2) is 60.8 Å². The normalized spacial score (nSPS) is 16.0. The van der Waals surface area contributed by atoms with Crippen LogP contribution in [0.2, 0.25) is 0 Å². The van der Waals surface area contributed by atoms with E-state index in [1.807, 2.05) is 60.4 Å². The summed E-state index contributed by atoms with van der Waals surface area (Å²) in [7, 11) is 3.82. The Bertz CT molecular complexity index is 1020.